The van der Waals surface area contributed by atoms with Gasteiger partial charge < -0.3 is 4.90 Å². The maximum atomic E-state index is 13.5. The highest BCUT2D eigenvalue weighted by Gasteiger charge is 2.28. The van der Waals surface area contributed by atoms with Crippen LogP contribution in [-0.2, 0) is 17.8 Å². The van der Waals surface area contributed by atoms with Gasteiger partial charge in [-0.15, -0.1) is 0 Å². The molecule has 96 valence electrons. The number of carbonyl (C=O) groups is 1. The summed E-state index contributed by atoms with van der Waals surface area (Å²) in [7, 11) is 0. The summed E-state index contributed by atoms with van der Waals surface area (Å²) in [6.07, 6.45) is 1.69. The number of benzene rings is 1. The lowest BCUT2D eigenvalue weighted by Crippen LogP contribution is -2.26. The molecule has 1 aliphatic heterocycles. The average Bonchev–Trinajstić information content (AvgIpc) is 2.68. The van der Waals surface area contributed by atoms with Gasteiger partial charge >= 0.3 is 0 Å². The molecule has 1 amide bonds. The molecule has 2 aromatic rings. The molecule has 0 bridgehead atoms. The van der Waals surface area contributed by atoms with Crippen molar-refractivity contribution in [3.8, 4) is 0 Å². The zero-order valence-corrected chi connectivity index (χ0v) is 10.7. The molecule has 0 radical (unpaired) electrons. The number of fused-ring (bicyclic) bond motifs is 1. The van der Waals surface area contributed by atoms with E-state index in [0.717, 1.165) is 11.3 Å². The second-order valence-electron chi connectivity index (χ2n) is 4.38. The molecule has 0 atom stereocenters. The van der Waals surface area contributed by atoms with Crippen molar-refractivity contribution < 1.29 is 9.18 Å². The van der Waals surface area contributed by atoms with Crippen LogP contribution in [0.2, 0.25) is 5.02 Å². The summed E-state index contributed by atoms with van der Waals surface area (Å²) in [5, 5.41) is 0.598. The van der Waals surface area contributed by atoms with E-state index in [-0.39, 0.29) is 12.5 Å². The number of pyridine rings is 1. The van der Waals surface area contributed by atoms with Crippen molar-refractivity contribution in [2.45, 2.75) is 13.0 Å². The van der Waals surface area contributed by atoms with Crippen molar-refractivity contribution in [2.24, 2.45) is 0 Å². The topological polar surface area (TPSA) is 33.2 Å². The molecule has 0 N–H and O–H groups in total. The molecule has 0 spiro atoms. The Morgan fingerprint density at radius 3 is 3.00 bits per heavy atom. The van der Waals surface area contributed by atoms with E-state index in [0.29, 0.717) is 17.0 Å². The van der Waals surface area contributed by atoms with E-state index in [2.05, 4.69) is 4.98 Å². The van der Waals surface area contributed by atoms with Crippen molar-refractivity contribution in [3.05, 3.63) is 58.6 Å². The Morgan fingerprint density at radius 1 is 1.37 bits per heavy atom. The number of nitrogens with zero attached hydrogens (tertiary/aromatic N) is 2. The molecule has 3 rings (SSSR count). The van der Waals surface area contributed by atoms with E-state index in [1.165, 1.54) is 6.20 Å². The van der Waals surface area contributed by atoms with Crippen LogP contribution in [0.4, 0.5) is 10.1 Å². The lowest BCUT2D eigenvalue weighted by molar-refractivity contribution is -0.117. The van der Waals surface area contributed by atoms with Crippen LogP contribution in [0.25, 0.3) is 0 Å². The van der Waals surface area contributed by atoms with E-state index < -0.39 is 5.95 Å². The predicted octanol–water partition coefficient (Wildman–Crippen LogP) is 2.96. The van der Waals surface area contributed by atoms with Crippen LogP contribution in [0.3, 0.4) is 0 Å². The summed E-state index contributed by atoms with van der Waals surface area (Å²) < 4.78 is 13.5. The number of rotatable bonds is 2. The molecule has 0 unspecified atom stereocenters. The SMILES string of the molecule is O=C1Cc2cc(Cl)ccc2N1Cc1cccnc1F. The molecule has 1 aliphatic rings. The van der Waals surface area contributed by atoms with Crippen molar-refractivity contribution >= 4 is 23.2 Å². The van der Waals surface area contributed by atoms with E-state index in [9.17, 15) is 9.18 Å². The summed E-state index contributed by atoms with van der Waals surface area (Å²) in [5.74, 6) is -0.599. The Kier molecular flexibility index (Phi) is 2.95. The molecule has 0 aliphatic carbocycles. The molecule has 0 saturated carbocycles. The van der Waals surface area contributed by atoms with Gasteiger partial charge in [-0.25, -0.2) is 4.98 Å². The van der Waals surface area contributed by atoms with Gasteiger partial charge in [0.25, 0.3) is 0 Å². The van der Waals surface area contributed by atoms with E-state index >= 15 is 0 Å². The van der Waals surface area contributed by atoms with Gasteiger partial charge in [0.05, 0.1) is 13.0 Å². The maximum absolute atomic E-state index is 13.5. The highest BCUT2D eigenvalue weighted by molar-refractivity contribution is 6.30. The second-order valence-corrected chi connectivity index (χ2v) is 4.82. The highest BCUT2D eigenvalue weighted by Crippen LogP contribution is 2.32. The number of hydrogen-bond donors (Lipinski definition) is 0. The van der Waals surface area contributed by atoms with Gasteiger partial charge in [-0.1, -0.05) is 17.7 Å². The summed E-state index contributed by atoms with van der Waals surface area (Å²) in [4.78, 5) is 17.1. The smallest absolute Gasteiger partial charge is 0.231 e. The molecular formula is C14H10ClFN2O. The van der Waals surface area contributed by atoms with E-state index in [1.807, 2.05) is 0 Å². The average molecular weight is 277 g/mol. The third kappa shape index (κ3) is 2.19. The first-order chi connectivity index (χ1) is 9.15. The highest BCUT2D eigenvalue weighted by atomic mass is 35.5. The Labute approximate surface area is 114 Å². The minimum atomic E-state index is -0.544. The number of aromatic nitrogens is 1. The fourth-order valence-electron chi connectivity index (χ4n) is 2.23. The lowest BCUT2D eigenvalue weighted by atomic mass is 10.2. The van der Waals surface area contributed by atoms with Gasteiger partial charge in [0.1, 0.15) is 0 Å². The minimum Gasteiger partial charge on any atom is -0.307 e. The Hall–Kier alpha value is -1.94. The number of halogens is 2. The monoisotopic (exact) mass is 276 g/mol. The molecule has 0 fully saturated rings. The zero-order valence-electron chi connectivity index (χ0n) is 9.94. The molecule has 0 saturated heterocycles. The number of amides is 1. The molecule has 5 heteroatoms. The van der Waals surface area contributed by atoms with E-state index in [1.54, 1.807) is 35.2 Å². The van der Waals surface area contributed by atoms with Gasteiger partial charge in [0, 0.05) is 22.5 Å². The number of carbonyl (C=O) groups excluding carboxylic acids is 1. The van der Waals surface area contributed by atoms with Crippen molar-refractivity contribution in [1.29, 1.82) is 0 Å². The third-order valence-electron chi connectivity index (χ3n) is 3.14. The van der Waals surface area contributed by atoms with Gasteiger partial charge in [-0.3, -0.25) is 4.79 Å². The van der Waals surface area contributed by atoms with Crippen LogP contribution in [0.5, 0.6) is 0 Å². The summed E-state index contributed by atoms with van der Waals surface area (Å²) in [6, 6.07) is 8.57. The first-order valence-corrected chi connectivity index (χ1v) is 6.21. The third-order valence-corrected chi connectivity index (χ3v) is 3.37. The fourth-order valence-corrected chi connectivity index (χ4v) is 2.43. The standard InChI is InChI=1S/C14H10ClFN2O/c15-11-3-4-12-10(6-11)7-13(19)18(12)8-9-2-1-5-17-14(9)16/h1-6H,7-8H2. The Bertz CT molecular complexity index is 660. The van der Waals surface area contributed by atoms with Crippen molar-refractivity contribution in [3.63, 3.8) is 0 Å². The number of hydrogen-bond acceptors (Lipinski definition) is 2. The van der Waals surface area contributed by atoms with Gasteiger partial charge in [0.2, 0.25) is 11.9 Å². The normalized spacial score (nSPS) is 13.8. The molecule has 1 aromatic carbocycles. The van der Waals surface area contributed by atoms with Crippen molar-refractivity contribution in [1.82, 2.24) is 4.98 Å². The zero-order chi connectivity index (χ0) is 13.4. The van der Waals surface area contributed by atoms with Crippen LogP contribution in [-0.4, -0.2) is 10.9 Å². The van der Waals surface area contributed by atoms with Crippen LogP contribution < -0.4 is 4.90 Å². The molecule has 3 nitrogen and oxygen atoms in total. The number of anilines is 1. The second kappa shape index (κ2) is 4.63. The summed E-state index contributed by atoms with van der Waals surface area (Å²) in [6.45, 7) is 0.188. The van der Waals surface area contributed by atoms with Gasteiger partial charge in [-0.05, 0) is 29.8 Å². The largest absolute Gasteiger partial charge is 0.307 e. The van der Waals surface area contributed by atoms with Crippen LogP contribution in [0.1, 0.15) is 11.1 Å². The quantitative estimate of drug-likeness (QED) is 0.790. The first-order valence-electron chi connectivity index (χ1n) is 5.83. The van der Waals surface area contributed by atoms with Crippen LogP contribution in [0.15, 0.2) is 36.5 Å². The van der Waals surface area contributed by atoms with Crippen molar-refractivity contribution in [2.75, 3.05) is 4.90 Å². The summed E-state index contributed by atoms with van der Waals surface area (Å²) in [5.41, 5.74) is 2.07. The summed E-state index contributed by atoms with van der Waals surface area (Å²) >= 11 is 5.90. The van der Waals surface area contributed by atoms with Crippen LogP contribution >= 0.6 is 11.6 Å². The predicted molar refractivity (Wildman–Crippen MR) is 70.5 cm³/mol. The fraction of sp³-hybridized carbons (Fsp3) is 0.143. The Morgan fingerprint density at radius 2 is 2.21 bits per heavy atom. The molecular weight excluding hydrogens is 267 g/mol. The lowest BCUT2D eigenvalue weighted by Gasteiger charge is -2.17. The maximum Gasteiger partial charge on any atom is 0.231 e. The van der Waals surface area contributed by atoms with Crippen LogP contribution in [0, 0.1) is 5.95 Å². The molecule has 2 heterocycles. The Balaban J connectivity index is 1.95. The molecule has 1 aromatic heterocycles. The van der Waals surface area contributed by atoms with Gasteiger partial charge in [-0.2, -0.15) is 4.39 Å². The first kappa shape index (κ1) is 12.1. The minimum absolute atomic E-state index is 0.0551. The molecule has 19 heavy (non-hydrogen) atoms. The van der Waals surface area contributed by atoms with E-state index in [4.69, 9.17) is 11.6 Å². The van der Waals surface area contributed by atoms with Gasteiger partial charge in [0.15, 0.2) is 0 Å².